The van der Waals surface area contributed by atoms with Gasteiger partial charge in [-0.25, -0.2) is 4.79 Å². The number of aromatic hydroxyl groups is 1. The summed E-state index contributed by atoms with van der Waals surface area (Å²) in [4.78, 5) is 28.1. The third-order valence-electron chi connectivity index (χ3n) is 3.62. The smallest absolute Gasteiger partial charge is 0.410 e. The molecule has 24 heavy (non-hydrogen) atoms. The van der Waals surface area contributed by atoms with Crippen LogP contribution >= 0.6 is 15.9 Å². The molecule has 1 aromatic rings. The highest BCUT2D eigenvalue weighted by Crippen LogP contribution is 2.24. The summed E-state index contributed by atoms with van der Waals surface area (Å²) in [5, 5.41) is 9.92. The summed E-state index contributed by atoms with van der Waals surface area (Å²) in [6.45, 7) is 7.38. The molecule has 6 nitrogen and oxygen atoms in total. The van der Waals surface area contributed by atoms with E-state index in [0.29, 0.717) is 32.6 Å². The molecule has 1 saturated heterocycles. The molecule has 0 atom stereocenters. The molecule has 1 aliphatic heterocycles. The van der Waals surface area contributed by atoms with Crippen molar-refractivity contribution < 1.29 is 19.4 Å². The Morgan fingerprint density at radius 2 is 1.75 bits per heavy atom. The van der Waals surface area contributed by atoms with Crippen LogP contribution in [0.25, 0.3) is 0 Å². The number of benzene rings is 1. The van der Waals surface area contributed by atoms with E-state index in [2.05, 4.69) is 15.9 Å². The molecule has 1 heterocycles. The number of phenols is 1. The fourth-order valence-electron chi connectivity index (χ4n) is 2.48. The fourth-order valence-corrected chi connectivity index (χ4v) is 2.84. The number of rotatable bonds is 1. The number of amides is 2. The molecule has 0 aliphatic carbocycles. The van der Waals surface area contributed by atoms with E-state index in [0.717, 1.165) is 4.47 Å². The van der Waals surface area contributed by atoms with Crippen LogP contribution in [0.5, 0.6) is 5.75 Å². The van der Waals surface area contributed by atoms with Gasteiger partial charge in [-0.15, -0.1) is 0 Å². The van der Waals surface area contributed by atoms with Crippen molar-refractivity contribution in [1.29, 1.82) is 0 Å². The molecule has 0 saturated carbocycles. The van der Waals surface area contributed by atoms with E-state index in [1.165, 1.54) is 6.07 Å². The lowest BCUT2D eigenvalue weighted by molar-refractivity contribution is 0.0255. The van der Waals surface area contributed by atoms with Crippen LogP contribution in [0, 0.1) is 0 Å². The lowest BCUT2D eigenvalue weighted by Crippen LogP contribution is -2.40. The highest BCUT2D eigenvalue weighted by molar-refractivity contribution is 9.10. The number of halogens is 1. The van der Waals surface area contributed by atoms with Crippen LogP contribution in [0.1, 0.15) is 37.6 Å². The van der Waals surface area contributed by atoms with Crippen LogP contribution < -0.4 is 0 Å². The van der Waals surface area contributed by atoms with Crippen molar-refractivity contribution in [1.82, 2.24) is 9.80 Å². The number of hydrogen-bond acceptors (Lipinski definition) is 4. The van der Waals surface area contributed by atoms with Crippen LogP contribution in [0.2, 0.25) is 0 Å². The molecule has 1 aliphatic rings. The van der Waals surface area contributed by atoms with Gasteiger partial charge in [0.15, 0.2) is 0 Å². The Balaban J connectivity index is 2.04. The maximum Gasteiger partial charge on any atom is 0.410 e. The van der Waals surface area contributed by atoms with Gasteiger partial charge in [0, 0.05) is 30.7 Å². The zero-order valence-corrected chi connectivity index (χ0v) is 15.8. The van der Waals surface area contributed by atoms with Gasteiger partial charge < -0.3 is 19.6 Å². The van der Waals surface area contributed by atoms with E-state index >= 15 is 0 Å². The van der Waals surface area contributed by atoms with Gasteiger partial charge in [0.2, 0.25) is 0 Å². The average Bonchev–Trinajstić information content (AvgIpc) is 2.73. The van der Waals surface area contributed by atoms with Crippen molar-refractivity contribution in [2.24, 2.45) is 0 Å². The zero-order chi connectivity index (χ0) is 17.9. The minimum absolute atomic E-state index is 0.0450. The van der Waals surface area contributed by atoms with E-state index in [9.17, 15) is 14.7 Å². The van der Waals surface area contributed by atoms with Crippen molar-refractivity contribution in [3.8, 4) is 5.75 Å². The predicted octanol–water partition coefficient (Wildman–Crippen LogP) is 3.24. The minimum atomic E-state index is -0.541. The monoisotopic (exact) mass is 398 g/mol. The SMILES string of the molecule is CC(C)(C)OC(=O)N1CCCN(C(=O)c2cc(Br)ccc2O)CC1. The number of phenolic OH excluding ortho intramolecular Hbond substituents is 1. The number of ether oxygens (including phenoxy) is 1. The predicted molar refractivity (Wildman–Crippen MR) is 94.1 cm³/mol. The maximum absolute atomic E-state index is 12.6. The van der Waals surface area contributed by atoms with Crippen LogP contribution in [-0.2, 0) is 4.74 Å². The number of hydrogen-bond donors (Lipinski definition) is 1. The van der Waals surface area contributed by atoms with Crippen LogP contribution in [0.4, 0.5) is 4.79 Å². The third-order valence-corrected chi connectivity index (χ3v) is 4.12. The maximum atomic E-state index is 12.6. The molecule has 0 radical (unpaired) electrons. The number of carbonyl (C=O) groups excluding carboxylic acids is 2. The quantitative estimate of drug-likeness (QED) is 0.787. The van der Waals surface area contributed by atoms with Crippen molar-refractivity contribution in [2.45, 2.75) is 32.8 Å². The summed E-state index contributed by atoms with van der Waals surface area (Å²) in [5.41, 5.74) is -0.281. The molecule has 0 unspecified atom stereocenters. The van der Waals surface area contributed by atoms with Crippen LogP contribution in [0.3, 0.4) is 0 Å². The van der Waals surface area contributed by atoms with Gasteiger partial charge in [-0.1, -0.05) is 15.9 Å². The Labute approximate surface area is 150 Å². The van der Waals surface area contributed by atoms with E-state index in [1.54, 1.807) is 21.9 Å². The Morgan fingerprint density at radius 3 is 2.42 bits per heavy atom. The molecular weight excluding hydrogens is 376 g/mol. The fraction of sp³-hybridized carbons (Fsp3) is 0.529. The summed E-state index contributed by atoms with van der Waals surface area (Å²) in [6, 6.07) is 4.77. The summed E-state index contributed by atoms with van der Waals surface area (Å²) in [5.74, 6) is -0.281. The van der Waals surface area contributed by atoms with E-state index in [-0.39, 0.29) is 23.3 Å². The normalized spacial score (nSPS) is 15.8. The van der Waals surface area contributed by atoms with Crippen molar-refractivity contribution >= 4 is 27.9 Å². The third kappa shape index (κ3) is 4.87. The molecule has 2 rings (SSSR count). The Kier molecular flexibility index (Phi) is 5.74. The van der Waals surface area contributed by atoms with Crippen molar-refractivity contribution in [3.05, 3.63) is 28.2 Å². The first-order chi connectivity index (χ1) is 11.2. The Hall–Kier alpha value is -1.76. The summed E-state index contributed by atoms with van der Waals surface area (Å²) in [7, 11) is 0. The molecule has 7 heteroatoms. The van der Waals surface area contributed by atoms with Crippen LogP contribution in [-0.4, -0.2) is 58.7 Å². The van der Waals surface area contributed by atoms with Gasteiger partial charge >= 0.3 is 6.09 Å². The summed E-state index contributed by atoms with van der Waals surface area (Å²) < 4.78 is 6.12. The minimum Gasteiger partial charge on any atom is -0.507 e. The molecular formula is C17H23BrN2O4. The summed E-state index contributed by atoms with van der Waals surface area (Å²) >= 11 is 3.31. The first-order valence-electron chi connectivity index (χ1n) is 7.93. The van der Waals surface area contributed by atoms with Gasteiger partial charge in [-0.05, 0) is 45.4 Å². The molecule has 1 aromatic carbocycles. The molecule has 0 bridgehead atoms. The molecule has 132 valence electrons. The second kappa shape index (κ2) is 7.42. The molecule has 0 spiro atoms. The van der Waals surface area contributed by atoms with E-state index < -0.39 is 5.60 Å². The van der Waals surface area contributed by atoms with Gasteiger partial charge in [-0.3, -0.25) is 4.79 Å². The lowest BCUT2D eigenvalue weighted by Gasteiger charge is -2.26. The average molecular weight is 399 g/mol. The van der Waals surface area contributed by atoms with Crippen LogP contribution in [0.15, 0.2) is 22.7 Å². The number of nitrogens with zero attached hydrogens (tertiary/aromatic N) is 2. The van der Waals surface area contributed by atoms with E-state index in [1.807, 2.05) is 20.8 Å². The highest BCUT2D eigenvalue weighted by atomic mass is 79.9. The second-order valence-corrected chi connectivity index (χ2v) is 7.69. The highest BCUT2D eigenvalue weighted by Gasteiger charge is 2.27. The molecule has 1 fully saturated rings. The zero-order valence-electron chi connectivity index (χ0n) is 14.2. The first kappa shape index (κ1) is 18.6. The van der Waals surface area contributed by atoms with Crippen molar-refractivity contribution in [2.75, 3.05) is 26.2 Å². The summed E-state index contributed by atoms with van der Waals surface area (Å²) in [6.07, 6.45) is 0.307. The van der Waals surface area contributed by atoms with E-state index in [4.69, 9.17) is 4.74 Å². The standard InChI is InChI=1S/C17H23BrN2O4/c1-17(2,3)24-16(23)20-8-4-7-19(9-10-20)15(22)13-11-12(18)5-6-14(13)21/h5-6,11,21H,4,7-10H2,1-3H3. The van der Waals surface area contributed by atoms with Gasteiger partial charge in [-0.2, -0.15) is 0 Å². The second-order valence-electron chi connectivity index (χ2n) is 6.77. The molecule has 1 N–H and O–H groups in total. The molecule has 0 aromatic heterocycles. The van der Waals surface area contributed by atoms with Gasteiger partial charge in [0.05, 0.1) is 5.56 Å². The van der Waals surface area contributed by atoms with Gasteiger partial charge in [0.1, 0.15) is 11.4 Å². The molecule has 2 amide bonds. The number of carbonyl (C=O) groups is 2. The van der Waals surface area contributed by atoms with Crippen molar-refractivity contribution in [3.63, 3.8) is 0 Å². The first-order valence-corrected chi connectivity index (χ1v) is 8.72. The topological polar surface area (TPSA) is 70.1 Å². The Morgan fingerprint density at radius 1 is 1.12 bits per heavy atom. The lowest BCUT2D eigenvalue weighted by atomic mass is 10.1. The largest absolute Gasteiger partial charge is 0.507 e. The van der Waals surface area contributed by atoms with Gasteiger partial charge in [0.25, 0.3) is 5.91 Å². The Bertz CT molecular complexity index is 628.